The van der Waals surface area contributed by atoms with Crippen LogP contribution < -0.4 is 10.1 Å². The fourth-order valence-corrected chi connectivity index (χ4v) is 5.59. The fraction of sp³-hybridized carbons (Fsp3) is 0.156. The van der Waals surface area contributed by atoms with Gasteiger partial charge in [-0.1, -0.05) is 77.8 Å². The van der Waals surface area contributed by atoms with Crippen molar-refractivity contribution in [2.24, 2.45) is 10.9 Å². The van der Waals surface area contributed by atoms with Gasteiger partial charge in [-0.05, 0) is 77.6 Å². The molecule has 0 fully saturated rings. The molecule has 1 N–H and O–H groups in total. The second-order valence-corrected chi connectivity index (χ2v) is 10.4. The van der Waals surface area contributed by atoms with Crippen LogP contribution in [0.2, 0.25) is 10.0 Å². The summed E-state index contributed by atoms with van der Waals surface area (Å²) in [6.07, 6.45) is 7.59. The molecule has 4 aromatic rings. The smallest absolute Gasteiger partial charge is 0.128 e. The highest BCUT2D eigenvalue weighted by Crippen LogP contribution is 2.49. The summed E-state index contributed by atoms with van der Waals surface area (Å²) in [7, 11) is 0. The monoisotopic (exact) mass is 524 g/mol. The van der Waals surface area contributed by atoms with E-state index < -0.39 is 0 Å². The number of allylic oxidation sites excluding steroid dienone is 2. The van der Waals surface area contributed by atoms with E-state index in [0.717, 1.165) is 29.0 Å². The van der Waals surface area contributed by atoms with Gasteiger partial charge in [0, 0.05) is 33.4 Å². The van der Waals surface area contributed by atoms with E-state index in [2.05, 4.69) is 66.0 Å². The molecule has 0 aromatic heterocycles. The van der Waals surface area contributed by atoms with Crippen LogP contribution >= 0.6 is 23.2 Å². The largest absolute Gasteiger partial charge is 0.488 e. The summed E-state index contributed by atoms with van der Waals surface area (Å²) < 4.78 is 6.07. The number of anilines is 1. The molecule has 0 saturated heterocycles. The van der Waals surface area contributed by atoms with E-state index in [1.165, 1.54) is 16.8 Å². The number of hydrogen-bond acceptors (Lipinski definition) is 3. The number of nitrogens with zero attached hydrogens (tertiary/aromatic N) is 1. The maximum Gasteiger partial charge on any atom is 0.128 e. The van der Waals surface area contributed by atoms with E-state index in [1.807, 2.05) is 48.7 Å². The lowest BCUT2D eigenvalue weighted by Gasteiger charge is -2.37. The first kappa shape index (κ1) is 23.8. The molecular weight excluding hydrogens is 499 g/mol. The Kier molecular flexibility index (Phi) is 6.73. The van der Waals surface area contributed by atoms with Gasteiger partial charge >= 0.3 is 0 Å². The van der Waals surface area contributed by atoms with Crippen LogP contribution in [-0.4, -0.2) is 6.21 Å². The molecule has 0 spiro atoms. The molecule has 0 bridgehead atoms. The number of hydrogen-bond donors (Lipinski definition) is 1. The molecule has 184 valence electrons. The topological polar surface area (TPSA) is 33.6 Å². The lowest BCUT2D eigenvalue weighted by molar-refractivity contribution is 0.306. The molecule has 1 aliphatic carbocycles. The Bertz CT molecular complexity index is 1460. The van der Waals surface area contributed by atoms with Gasteiger partial charge in [-0.15, -0.1) is 0 Å². The zero-order chi connectivity index (χ0) is 25.2. The number of nitrogens with one attached hydrogen (secondary N) is 1. The van der Waals surface area contributed by atoms with Crippen molar-refractivity contribution in [1.82, 2.24) is 0 Å². The van der Waals surface area contributed by atoms with Crippen LogP contribution in [0.5, 0.6) is 5.75 Å². The number of para-hydroxylation sites is 1. The van der Waals surface area contributed by atoms with Gasteiger partial charge in [-0.25, -0.2) is 0 Å². The first-order chi connectivity index (χ1) is 18.1. The Hall–Kier alpha value is -3.53. The van der Waals surface area contributed by atoms with Gasteiger partial charge in [0.15, 0.2) is 0 Å². The number of aliphatic imine (C=N–C) groups is 1. The summed E-state index contributed by atoms with van der Waals surface area (Å²) in [5, 5.41) is 5.13. The normalized spacial score (nSPS) is 19.9. The molecule has 1 aliphatic heterocycles. The molecule has 0 unspecified atom stereocenters. The van der Waals surface area contributed by atoms with Crippen molar-refractivity contribution in [3.8, 4) is 5.75 Å². The quantitative estimate of drug-likeness (QED) is 0.201. The van der Waals surface area contributed by atoms with Crippen LogP contribution in [0.1, 0.15) is 40.6 Å². The van der Waals surface area contributed by atoms with Crippen molar-refractivity contribution in [2.45, 2.75) is 25.0 Å². The Morgan fingerprint density at radius 1 is 0.892 bits per heavy atom. The Balaban J connectivity index is 1.18. The predicted molar refractivity (Wildman–Crippen MR) is 154 cm³/mol. The molecule has 0 amide bonds. The van der Waals surface area contributed by atoms with Gasteiger partial charge in [-0.3, -0.25) is 4.99 Å². The van der Waals surface area contributed by atoms with Crippen molar-refractivity contribution in [3.63, 3.8) is 0 Å². The van der Waals surface area contributed by atoms with Crippen LogP contribution in [0.25, 0.3) is 0 Å². The number of halogens is 2. The van der Waals surface area contributed by atoms with Crippen LogP contribution in [0.3, 0.4) is 0 Å². The van der Waals surface area contributed by atoms with Crippen LogP contribution in [0.15, 0.2) is 108 Å². The van der Waals surface area contributed by atoms with E-state index in [-0.39, 0.29) is 6.04 Å². The zero-order valence-corrected chi connectivity index (χ0v) is 21.7. The van der Waals surface area contributed by atoms with Crippen molar-refractivity contribution in [2.75, 3.05) is 5.32 Å². The van der Waals surface area contributed by atoms with Gasteiger partial charge in [0.05, 0.1) is 11.7 Å². The lowest BCUT2D eigenvalue weighted by Crippen LogP contribution is -2.28. The second kappa shape index (κ2) is 10.5. The third-order valence-electron chi connectivity index (χ3n) is 7.16. The number of rotatable bonds is 6. The third-order valence-corrected chi connectivity index (χ3v) is 7.64. The Morgan fingerprint density at radius 3 is 2.51 bits per heavy atom. The van der Waals surface area contributed by atoms with Crippen LogP contribution in [0.4, 0.5) is 11.4 Å². The molecule has 0 radical (unpaired) electrons. The number of benzene rings is 4. The first-order valence-electron chi connectivity index (χ1n) is 12.5. The summed E-state index contributed by atoms with van der Waals surface area (Å²) in [6, 6.07) is 30.6. The van der Waals surface area contributed by atoms with Gasteiger partial charge < -0.3 is 10.1 Å². The molecule has 0 saturated carbocycles. The zero-order valence-electron chi connectivity index (χ0n) is 20.1. The highest BCUT2D eigenvalue weighted by Gasteiger charge is 2.37. The standard InChI is InChI=1S/C32H26Cl2N2O/c33-24-12-8-21(9-13-24)20-37-31-17-14-25(34)18-23(31)19-35-26-15-10-22(11-16-26)32-29-6-3-5-27(29)28-4-1-2-7-30(28)36-32/h1-5,7-19,27,29,32,36H,6,20H2/t27-,29+,32-/m0/s1. The third kappa shape index (κ3) is 5.16. The van der Waals surface area contributed by atoms with Gasteiger partial charge in [0.2, 0.25) is 0 Å². The van der Waals surface area contributed by atoms with Crippen molar-refractivity contribution >= 4 is 40.8 Å². The molecule has 2 aliphatic rings. The van der Waals surface area contributed by atoms with E-state index in [9.17, 15) is 0 Å². The summed E-state index contributed by atoms with van der Waals surface area (Å²) >= 11 is 12.3. The highest BCUT2D eigenvalue weighted by molar-refractivity contribution is 6.31. The Labute approximate surface area is 227 Å². The predicted octanol–water partition coefficient (Wildman–Crippen LogP) is 9.15. The second-order valence-electron chi connectivity index (χ2n) is 9.51. The number of fused-ring (bicyclic) bond motifs is 3. The fourth-order valence-electron chi connectivity index (χ4n) is 5.28. The van der Waals surface area contributed by atoms with Gasteiger partial charge in [0.25, 0.3) is 0 Å². The molecule has 4 aromatic carbocycles. The maximum absolute atomic E-state index is 6.28. The molecule has 3 nitrogen and oxygen atoms in total. The molecule has 37 heavy (non-hydrogen) atoms. The van der Waals surface area contributed by atoms with Crippen molar-refractivity contribution in [1.29, 1.82) is 0 Å². The minimum Gasteiger partial charge on any atom is -0.488 e. The maximum atomic E-state index is 6.28. The Morgan fingerprint density at radius 2 is 1.68 bits per heavy atom. The minimum atomic E-state index is 0.272. The van der Waals surface area contributed by atoms with Crippen molar-refractivity contribution in [3.05, 3.63) is 135 Å². The van der Waals surface area contributed by atoms with Crippen molar-refractivity contribution < 1.29 is 4.74 Å². The summed E-state index contributed by atoms with van der Waals surface area (Å²) in [5.41, 5.74) is 6.66. The first-order valence-corrected chi connectivity index (χ1v) is 13.2. The van der Waals surface area contributed by atoms with Gasteiger partial charge in [0.1, 0.15) is 12.4 Å². The number of ether oxygens (including phenoxy) is 1. The lowest BCUT2D eigenvalue weighted by atomic mass is 9.77. The van der Waals surface area contributed by atoms with E-state index >= 15 is 0 Å². The molecule has 3 atom stereocenters. The average Bonchev–Trinajstić information content (AvgIpc) is 3.43. The molecular formula is C32H26Cl2N2O. The summed E-state index contributed by atoms with van der Waals surface area (Å²) in [4.78, 5) is 4.72. The van der Waals surface area contributed by atoms with E-state index in [1.54, 1.807) is 0 Å². The van der Waals surface area contributed by atoms with Crippen LogP contribution in [0, 0.1) is 5.92 Å². The minimum absolute atomic E-state index is 0.272. The van der Waals surface area contributed by atoms with Gasteiger partial charge in [-0.2, -0.15) is 0 Å². The molecule has 5 heteroatoms. The SMILES string of the molecule is Clc1ccc(COc2ccc(Cl)cc2C=Nc2ccc([C@@H]3Nc4ccccc4[C@@H]4C=CC[C@H]43)cc2)cc1. The summed E-state index contributed by atoms with van der Waals surface area (Å²) in [6.45, 7) is 0.433. The van der Waals surface area contributed by atoms with E-state index in [4.69, 9.17) is 32.9 Å². The molecule has 6 rings (SSSR count). The molecule has 1 heterocycles. The summed E-state index contributed by atoms with van der Waals surface area (Å²) in [5.74, 6) is 1.72. The van der Waals surface area contributed by atoms with E-state index in [0.29, 0.717) is 28.5 Å². The van der Waals surface area contributed by atoms with Crippen LogP contribution in [-0.2, 0) is 6.61 Å². The highest BCUT2D eigenvalue weighted by atomic mass is 35.5. The average molecular weight is 525 g/mol.